The second kappa shape index (κ2) is 6.68. The van der Waals surface area contributed by atoms with Gasteiger partial charge in [0.15, 0.2) is 0 Å². The molecule has 7 heteroatoms. The van der Waals surface area contributed by atoms with Crippen molar-refractivity contribution in [2.45, 2.75) is 6.42 Å². The summed E-state index contributed by atoms with van der Waals surface area (Å²) in [7, 11) is 0. The van der Waals surface area contributed by atoms with Gasteiger partial charge in [-0.05, 0) is 66.5 Å². The van der Waals surface area contributed by atoms with Gasteiger partial charge in [0.2, 0.25) is 11.8 Å². The van der Waals surface area contributed by atoms with Crippen molar-refractivity contribution < 1.29 is 19.1 Å². The van der Waals surface area contributed by atoms with Gasteiger partial charge in [-0.25, -0.2) is 9.69 Å². The van der Waals surface area contributed by atoms with Crippen LogP contribution in [0.1, 0.15) is 16.8 Å². The van der Waals surface area contributed by atoms with E-state index in [1.807, 2.05) is 0 Å². The molecule has 2 aromatic carbocycles. The minimum Gasteiger partial charge on any atom is -0.421 e. The van der Waals surface area contributed by atoms with Gasteiger partial charge in [-0.3, -0.25) is 9.59 Å². The van der Waals surface area contributed by atoms with E-state index in [0.29, 0.717) is 22.5 Å². The first-order chi connectivity index (χ1) is 14.9. The highest BCUT2D eigenvalue weighted by Crippen LogP contribution is 2.65. The summed E-state index contributed by atoms with van der Waals surface area (Å²) in [5.74, 6) is 0.0507. The maximum Gasteiger partial charge on any atom is 0.343 e. The molecule has 0 radical (unpaired) electrons. The molecule has 0 N–H and O–H groups in total. The lowest BCUT2D eigenvalue weighted by atomic mass is 9.63. The van der Waals surface area contributed by atoms with Crippen molar-refractivity contribution in [3.63, 3.8) is 0 Å². The molecular weight excluding hydrogens is 437 g/mol. The van der Waals surface area contributed by atoms with Gasteiger partial charge in [0.05, 0.1) is 28.1 Å². The lowest BCUT2D eigenvalue weighted by Crippen LogP contribution is -2.40. The zero-order valence-corrected chi connectivity index (χ0v) is 17.7. The highest BCUT2D eigenvalue weighted by Gasteiger charge is 2.67. The van der Waals surface area contributed by atoms with Crippen molar-refractivity contribution in [3.8, 4) is 5.75 Å². The minimum absolute atomic E-state index is 0.154. The Morgan fingerprint density at radius 2 is 1.61 bits per heavy atom. The predicted octanol–water partition coefficient (Wildman–Crippen LogP) is 4.77. The number of amides is 2. The third-order valence-corrected chi connectivity index (χ3v) is 7.63. The van der Waals surface area contributed by atoms with Crippen LogP contribution in [0, 0.1) is 35.5 Å². The number of hydrogen-bond donors (Lipinski definition) is 0. The van der Waals surface area contributed by atoms with Crippen LogP contribution < -0.4 is 9.64 Å². The molecule has 2 bridgehead atoms. The number of anilines is 1. The molecule has 3 fully saturated rings. The van der Waals surface area contributed by atoms with Crippen molar-refractivity contribution >= 4 is 46.7 Å². The Bertz CT molecular complexity index is 1160. The summed E-state index contributed by atoms with van der Waals surface area (Å²) < 4.78 is 5.39. The van der Waals surface area contributed by atoms with Gasteiger partial charge in [0.25, 0.3) is 0 Å². The van der Waals surface area contributed by atoms with Crippen molar-refractivity contribution in [1.82, 2.24) is 0 Å². The fraction of sp³-hybridized carbons (Fsp3) is 0.292. The molecule has 31 heavy (non-hydrogen) atoms. The Morgan fingerprint density at radius 3 is 2.26 bits per heavy atom. The number of carbonyl (C=O) groups excluding carboxylic acids is 3. The van der Waals surface area contributed by atoms with Crippen molar-refractivity contribution in [2.24, 2.45) is 35.5 Å². The summed E-state index contributed by atoms with van der Waals surface area (Å²) in [5.41, 5.74) is 0.622. The van der Waals surface area contributed by atoms with E-state index >= 15 is 0 Å². The van der Waals surface area contributed by atoms with E-state index in [4.69, 9.17) is 27.9 Å². The molecule has 1 heterocycles. The molecule has 1 saturated heterocycles. The Hall–Kier alpha value is -2.63. The Balaban J connectivity index is 1.28. The fourth-order valence-electron chi connectivity index (χ4n) is 5.70. The number of hydrogen-bond acceptors (Lipinski definition) is 4. The average molecular weight is 454 g/mol. The Kier molecular flexibility index (Phi) is 4.11. The van der Waals surface area contributed by atoms with Crippen molar-refractivity contribution in [2.75, 3.05) is 4.90 Å². The molecule has 156 valence electrons. The monoisotopic (exact) mass is 453 g/mol. The maximum atomic E-state index is 13.3. The molecule has 2 aromatic rings. The van der Waals surface area contributed by atoms with Gasteiger partial charge in [-0.2, -0.15) is 0 Å². The third kappa shape index (κ3) is 2.80. The summed E-state index contributed by atoms with van der Waals surface area (Å²) in [5, 5.41) is 0.646. The first kappa shape index (κ1) is 19.1. The van der Waals surface area contributed by atoms with Gasteiger partial charge in [0.1, 0.15) is 5.75 Å². The average Bonchev–Trinajstić information content (AvgIpc) is 3.53. The SMILES string of the molecule is O=C(Oc1ccc(Cl)cc1Cl)c1cccc(N2C(=O)C3C4C=CC(C5CC45)C3C2=O)c1. The number of imide groups is 1. The third-order valence-electron chi connectivity index (χ3n) is 7.10. The normalized spacial score (nSPS) is 32.1. The highest BCUT2D eigenvalue weighted by molar-refractivity contribution is 6.35. The van der Waals surface area contributed by atoms with E-state index in [-0.39, 0.29) is 51.8 Å². The largest absolute Gasteiger partial charge is 0.421 e. The standard InChI is InChI=1S/C24H17Cl2NO4/c25-12-4-7-19(18(26)9-12)31-24(30)11-2-1-3-13(8-11)27-22(28)20-14-5-6-15(17-10-16(14)17)21(20)23(27)29/h1-9,14-17,20-21H,10H2. The number of benzene rings is 2. The zero-order valence-electron chi connectivity index (χ0n) is 16.2. The van der Waals surface area contributed by atoms with E-state index in [2.05, 4.69) is 12.2 Å². The second-order valence-electron chi connectivity index (χ2n) is 8.68. The number of halogens is 2. The summed E-state index contributed by atoms with van der Waals surface area (Å²) in [4.78, 5) is 40.5. The molecule has 6 unspecified atom stereocenters. The van der Waals surface area contributed by atoms with Gasteiger partial charge in [-0.15, -0.1) is 0 Å². The number of ether oxygens (including phenoxy) is 1. The molecule has 4 aliphatic carbocycles. The van der Waals surface area contributed by atoms with Gasteiger partial charge in [0, 0.05) is 5.02 Å². The lowest BCUT2D eigenvalue weighted by Gasteiger charge is -2.37. The number of rotatable bonds is 3. The maximum absolute atomic E-state index is 13.3. The number of carbonyl (C=O) groups is 3. The van der Waals surface area contributed by atoms with E-state index in [0.717, 1.165) is 6.42 Å². The van der Waals surface area contributed by atoms with Gasteiger partial charge in [-0.1, -0.05) is 41.4 Å². The van der Waals surface area contributed by atoms with E-state index < -0.39 is 5.97 Å². The van der Waals surface area contributed by atoms with Crippen LogP contribution in [0.15, 0.2) is 54.6 Å². The van der Waals surface area contributed by atoms with Crippen LogP contribution in [-0.2, 0) is 9.59 Å². The first-order valence-corrected chi connectivity index (χ1v) is 11.0. The predicted molar refractivity (Wildman–Crippen MR) is 115 cm³/mol. The number of nitrogens with zero attached hydrogens (tertiary/aromatic N) is 1. The van der Waals surface area contributed by atoms with Crippen LogP contribution in [0.25, 0.3) is 0 Å². The quantitative estimate of drug-likeness (QED) is 0.290. The van der Waals surface area contributed by atoms with E-state index in [9.17, 15) is 14.4 Å². The van der Waals surface area contributed by atoms with Crippen LogP contribution >= 0.6 is 23.2 Å². The first-order valence-electron chi connectivity index (χ1n) is 10.3. The van der Waals surface area contributed by atoms with Crippen molar-refractivity contribution in [3.05, 3.63) is 70.2 Å². The minimum atomic E-state index is -0.634. The van der Waals surface area contributed by atoms with Crippen LogP contribution in [-0.4, -0.2) is 17.8 Å². The van der Waals surface area contributed by atoms with E-state index in [1.54, 1.807) is 24.3 Å². The summed E-state index contributed by atoms with van der Waals surface area (Å²) in [6, 6.07) is 11.0. The van der Waals surface area contributed by atoms with Crippen LogP contribution in [0.3, 0.4) is 0 Å². The van der Waals surface area contributed by atoms with Gasteiger partial charge < -0.3 is 4.74 Å². The molecule has 6 atom stereocenters. The molecule has 2 saturated carbocycles. The molecule has 0 aromatic heterocycles. The van der Waals surface area contributed by atoms with E-state index in [1.165, 1.54) is 23.1 Å². The Labute approximate surface area is 188 Å². The molecule has 5 nitrogen and oxygen atoms in total. The summed E-state index contributed by atoms with van der Waals surface area (Å²) in [6.45, 7) is 0. The Morgan fingerprint density at radius 1 is 0.935 bits per heavy atom. The lowest BCUT2D eigenvalue weighted by molar-refractivity contribution is -0.124. The van der Waals surface area contributed by atoms with Crippen molar-refractivity contribution in [1.29, 1.82) is 0 Å². The highest BCUT2D eigenvalue weighted by atomic mass is 35.5. The smallest absolute Gasteiger partial charge is 0.343 e. The molecule has 0 spiro atoms. The second-order valence-corrected chi connectivity index (χ2v) is 9.52. The molecule has 2 amide bonds. The number of esters is 1. The fourth-order valence-corrected chi connectivity index (χ4v) is 6.15. The topological polar surface area (TPSA) is 63.7 Å². The van der Waals surface area contributed by atoms with Crippen LogP contribution in [0.2, 0.25) is 10.0 Å². The molecule has 7 rings (SSSR count). The number of allylic oxidation sites excluding steroid dienone is 2. The molecular formula is C24H17Cl2NO4. The molecule has 5 aliphatic rings. The summed E-state index contributed by atoms with van der Waals surface area (Å²) >= 11 is 12.0. The molecule has 1 aliphatic heterocycles. The summed E-state index contributed by atoms with van der Waals surface area (Å²) in [6.07, 6.45) is 5.39. The zero-order chi connectivity index (χ0) is 21.4. The van der Waals surface area contributed by atoms with Crippen LogP contribution in [0.5, 0.6) is 5.75 Å². The van der Waals surface area contributed by atoms with Gasteiger partial charge >= 0.3 is 5.97 Å². The van der Waals surface area contributed by atoms with Crippen LogP contribution in [0.4, 0.5) is 5.69 Å².